The number of hydrogen-bond acceptors (Lipinski definition) is 4. The van der Waals surface area contributed by atoms with Gasteiger partial charge in [0.25, 0.3) is 0 Å². The Hall–Kier alpha value is -3.02. The quantitative estimate of drug-likeness (QED) is 0.185. The van der Waals surface area contributed by atoms with E-state index in [1.807, 2.05) is 38.1 Å². The summed E-state index contributed by atoms with van der Waals surface area (Å²) in [6.07, 6.45) is 2.81. The van der Waals surface area contributed by atoms with E-state index < -0.39 is 0 Å². The molecule has 2 atom stereocenters. The lowest BCUT2D eigenvalue weighted by Gasteiger charge is -2.29. The average molecular weight is 637 g/mol. The molecule has 2 unspecified atom stereocenters. The fourth-order valence-electron chi connectivity index (χ4n) is 6.07. The molecule has 0 aliphatic heterocycles. The van der Waals surface area contributed by atoms with Gasteiger partial charge in [-0.2, -0.15) is 0 Å². The largest absolute Gasteiger partial charge is 0.507 e. The predicted molar refractivity (Wildman–Crippen MR) is 192 cm³/mol. The number of nitrogens with one attached hydrogen (secondary N) is 2. The Morgan fingerprint density at radius 1 is 0.543 bits per heavy atom. The molecule has 0 bridgehead atoms. The Morgan fingerprint density at radius 3 is 0.978 bits per heavy atom. The summed E-state index contributed by atoms with van der Waals surface area (Å²) in [6.45, 7) is 30.1. The van der Waals surface area contributed by atoms with E-state index in [9.17, 15) is 19.8 Å². The number of carbonyl (C=O) groups is 2. The molecule has 6 nitrogen and oxygen atoms in total. The van der Waals surface area contributed by atoms with E-state index in [-0.39, 0.29) is 45.3 Å². The molecule has 0 aliphatic carbocycles. The highest BCUT2D eigenvalue weighted by Crippen LogP contribution is 2.43. The Morgan fingerprint density at radius 2 is 0.783 bits per heavy atom. The van der Waals surface area contributed by atoms with Gasteiger partial charge in [0.2, 0.25) is 11.8 Å². The van der Waals surface area contributed by atoms with Crippen LogP contribution in [0.2, 0.25) is 0 Å². The molecule has 0 saturated carbocycles. The number of benzene rings is 2. The number of aromatic hydroxyl groups is 2. The molecule has 0 heterocycles. The molecular weight excluding hydrogens is 572 g/mol. The molecule has 2 amide bonds. The summed E-state index contributed by atoms with van der Waals surface area (Å²) in [6, 6.07) is 8.00. The third-order valence-electron chi connectivity index (χ3n) is 8.95. The van der Waals surface area contributed by atoms with Crippen LogP contribution in [0.3, 0.4) is 0 Å². The van der Waals surface area contributed by atoms with E-state index in [0.29, 0.717) is 37.4 Å². The molecule has 0 fully saturated rings. The van der Waals surface area contributed by atoms with E-state index in [0.717, 1.165) is 46.2 Å². The summed E-state index contributed by atoms with van der Waals surface area (Å²) in [5, 5.41) is 28.5. The van der Waals surface area contributed by atoms with Crippen molar-refractivity contribution < 1.29 is 19.8 Å². The number of amides is 2. The van der Waals surface area contributed by atoms with Gasteiger partial charge >= 0.3 is 0 Å². The van der Waals surface area contributed by atoms with Crippen LogP contribution in [0.5, 0.6) is 11.5 Å². The molecule has 0 saturated heterocycles. The number of unbranched alkanes of at least 4 members (excludes halogenated alkanes) is 1. The molecule has 2 rings (SSSR count). The summed E-state index contributed by atoms with van der Waals surface area (Å²) >= 11 is 0. The molecular formula is C40H64N2O4. The molecule has 6 heteroatoms. The maximum Gasteiger partial charge on any atom is 0.227 e. The first-order valence-electron chi connectivity index (χ1n) is 17.3. The summed E-state index contributed by atoms with van der Waals surface area (Å²) < 4.78 is 0. The second-order valence-electron chi connectivity index (χ2n) is 17.1. The molecule has 46 heavy (non-hydrogen) atoms. The van der Waals surface area contributed by atoms with E-state index in [1.165, 1.54) is 0 Å². The zero-order chi connectivity index (χ0) is 35.4. The number of phenols is 2. The molecule has 2 aromatic rings. The average Bonchev–Trinajstić information content (AvgIpc) is 2.90. The van der Waals surface area contributed by atoms with Crippen LogP contribution in [0.4, 0.5) is 0 Å². The van der Waals surface area contributed by atoms with Crippen LogP contribution in [0.25, 0.3) is 0 Å². The highest BCUT2D eigenvalue weighted by molar-refractivity contribution is 5.84. The molecule has 258 valence electrons. The second-order valence-corrected chi connectivity index (χ2v) is 17.1. The van der Waals surface area contributed by atoms with Crippen LogP contribution in [0, 0.1) is 0 Å². The first-order valence-corrected chi connectivity index (χ1v) is 17.3. The number of rotatable bonds is 11. The number of phenolic OH excluding ortho intramolecular Hbond substituents is 2. The maximum absolute atomic E-state index is 13.4. The van der Waals surface area contributed by atoms with Crippen LogP contribution in [-0.4, -0.2) is 35.1 Å². The Labute approximate surface area is 280 Å². The van der Waals surface area contributed by atoms with Crippen molar-refractivity contribution in [2.75, 3.05) is 13.1 Å². The van der Waals surface area contributed by atoms with Gasteiger partial charge in [-0.3, -0.25) is 9.59 Å². The Bertz CT molecular complexity index is 1190. The Balaban J connectivity index is 2.07. The van der Waals surface area contributed by atoms with Crippen LogP contribution >= 0.6 is 0 Å². The topological polar surface area (TPSA) is 98.7 Å². The zero-order valence-corrected chi connectivity index (χ0v) is 31.4. The molecule has 0 aromatic heterocycles. The summed E-state index contributed by atoms with van der Waals surface area (Å²) in [4.78, 5) is 26.7. The van der Waals surface area contributed by atoms with E-state index in [4.69, 9.17) is 0 Å². The van der Waals surface area contributed by atoms with Crippen molar-refractivity contribution in [3.05, 3.63) is 57.6 Å². The SMILES string of the molecule is CCC(C(=O)NCCCCNC(=O)C(CC)c1cc(C(C)(C)C)c(O)c(C(C)(C)C)c1)c1cc(C(C)(C)C)c(O)c(C(C)(C)C)c1. The fraction of sp³-hybridized carbons (Fsp3) is 0.650. The van der Waals surface area contributed by atoms with Crippen molar-refractivity contribution in [3.63, 3.8) is 0 Å². The summed E-state index contributed by atoms with van der Waals surface area (Å²) in [7, 11) is 0. The molecule has 0 radical (unpaired) electrons. The lowest BCUT2D eigenvalue weighted by atomic mass is 9.76. The lowest BCUT2D eigenvalue weighted by molar-refractivity contribution is -0.123. The predicted octanol–water partition coefficient (Wildman–Crippen LogP) is 8.99. The van der Waals surface area contributed by atoms with Gasteiger partial charge in [0.05, 0.1) is 11.8 Å². The monoisotopic (exact) mass is 636 g/mol. The van der Waals surface area contributed by atoms with E-state index >= 15 is 0 Å². The van der Waals surface area contributed by atoms with Crippen LogP contribution in [-0.2, 0) is 31.2 Å². The van der Waals surface area contributed by atoms with Crippen molar-refractivity contribution in [2.24, 2.45) is 0 Å². The first kappa shape index (κ1) is 39.2. The van der Waals surface area contributed by atoms with Gasteiger partial charge in [-0.05, 0) is 80.7 Å². The van der Waals surface area contributed by atoms with Crippen LogP contribution < -0.4 is 10.6 Å². The lowest BCUT2D eigenvalue weighted by Crippen LogP contribution is -2.32. The molecule has 0 aliphatic rings. The normalized spacial score (nSPS) is 14.1. The minimum Gasteiger partial charge on any atom is -0.507 e. The van der Waals surface area contributed by atoms with Gasteiger partial charge in [-0.25, -0.2) is 0 Å². The second kappa shape index (κ2) is 14.8. The van der Waals surface area contributed by atoms with Gasteiger partial charge in [0.1, 0.15) is 11.5 Å². The van der Waals surface area contributed by atoms with E-state index in [2.05, 4.69) is 93.7 Å². The number of hydrogen-bond donors (Lipinski definition) is 4. The van der Waals surface area contributed by atoms with Crippen molar-refractivity contribution in [1.82, 2.24) is 10.6 Å². The van der Waals surface area contributed by atoms with Crippen LogP contribution in [0.15, 0.2) is 24.3 Å². The van der Waals surface area contributed by atoms with Gasteiger partial charge in [-0.15, -0.1) is 0 Å². The van der Waals surface area contributed by atoms with Crippen molar-refractivity contribution in [1.29, 1.82) is 0 Å². The van der Waals surface area contributed by atoms with Gasteiger partial charge in [-0.1, -0.05) is 121 Å². The third kappa shape index (κ3) is 9.75. The highest BCUT2D eigenvalue weighted by Gasteiger charge is 2.31. The summed E-state index contributed by atoms with van der Waals surface area (Å²) in [5.74, 6) is -0.00964. The molecule has 0 spiro atoms. The highest BCUT2D eigenvalue weighted by atomic mass is 16.3. The standard InChI is InChI=1S/C40H64N2O4/c1-15-27(25-21-29(37(3,4)5)33(43)30(22-25)38(6,7)8)35(45)41-19-17-18-20-42-36(46)28(16-2)26-23-31(39(9,10)11)34(44)32(24-26)40(12,13)14/h21-24,27-28,43-44H,15-20H2,1-14H3,(H,41,45)(H,42,46). The van der Waals surface area contributed by atoms with Gasteiger partial charge in [0.15, 0.2) is 0 Å². The van der Waals surface area contributed by atoms with Crippen molar-refractivity contribution >= 4 is 11.8 Å². The first-order chi connectivity index (χ1) is 20.9. The number of carbonyl (C=O) groups excluding carboxylic acids is 2. The summed E-state index contributed by atoms with van der Waals surface area (Å²) in [5.41, 5.74) is 4.26. The fourth-order valence-corrected chi connectivity index (χ4v) is 6.07. The van der Waals surface area contributed by atoms with Crippen molar-refractivity contribution in [2.45, 2.75) is 156 Å². The molecule has 2 aromatic carbocycles. The van der Waals surface area contributed by atoms with Crippen LogP contribution in [0.1, 0.15) is 168 Å². The minimum absolute atomic E-state index is 0.0142. The minimum atomic E-state index is -0.311. The van der Waals surface area contributed by atoms with Gasteiger partial charge in [0, 0.05) is 13.1 Å². The third-order valence-corrected chi connectivity index (χ3v) is 8.95. The van der Waals surface area contributed by atoms with Crippen molar-refractivity contribution in [3.8, 4) is 11.5 Å². The van der Waals surface area contributed by atoms with E-state index in [1.54, 1.807) is 0 Å². The Kier molecular flexibility index (Phi) is 12.6. The van der Waals surface area contributed by atoms with Gasteiger partial charge < -0.3 is 20.8 Å². The smallest absolute Gasteiger partial charge is 0.227 e. The zero-order valence-electron chi connectivity index (χ0n) is 31.4. The maximum atomic E-state index is 13.4. The molecule has 4 N–H and O–H groups in total.